The Morgan fingerprint density at radius 3 is 2.21 bits per heavy atom. The first kappa shape index (κ1) is 11.7. The third-order valence-electron chi connectivity index (χ3n) is 2.96. The first-order chi connectivity index (χ1) is 6.33. The topological polar surface area (TPSA) is 51.2 Å². The van der Waals surface area contributed by atoms with Crippen molar-refractivity contribution in [2.45, 2.75) is 27.2 Å². The second-order valence-corrected chi connectivity index (χ2v) is 6.77. The van der Waals surface area contributed by atoms with Gasteiger partial charge in [0.15, 0.2) is 9.84 Å². The van der Waals surface area contributed by atoms with Gasteiger partial charge in [-0.25, -0.2) is 8.42 Å². The Hall–Kier alpha value is -0.380. The van der Waals surface area contributed by atoms with Crippen LogP contribution >= 0.6 is 0 Å². The van der Waals surface area contributed by atoms with E-state index in [1.54, 1.807) is 6.92 Å². The highest BCUT2D eigenvalue weighted by atomic mass is 32.2. The minimum Gasteiger partial charge on any atom is -0.300 e. The normalized spacial score (nSPS) is 27.9. The second-order valence-electron chi connectivity index (χ2n) is 4.54. The molecule has 0 bridgehead atoms. The molecular formula is C10H18O3S. The van der Waals surface area contributed by atoms with Gasteiger partial charge >= 0.3 is 0 Å². The third kappa shape index (κ3) is 2.56. The maximum Gasteiger partial charge on any atom is 0.150 e. The number of rotatable bonds is 3. The summed E-state index contributed by atoms with van der Waals surface area (Å²) in [5, 5.41) is 0. The van der Waals surface area contributed by atoms with E-state index < -0.39 is 9.84 Å². The molecule has 1 aliphatic rings. The molecule has 0 radical (unpaired) electrons. The number of hydrogen-bond donors (Lipinski definition) is 0. The van der Waals surface area contributed by atoms with Crippen LogP contribution in [0.3, 0.4) is 0 Å². The molecule has 0 spiro atoms. The lowest BCUT2D eigenvalue weighted by atomic mass is 9.80. The first-order valence-electron chi connectivity index (χ1n) is 5.04. The van der Waals surface area contributed by atoms with Crippen LogP contribution in [0, 0.1) is 17.8 Å². The van der Waals surface area contributed by atoms with Gasteiger partial charge in [-0.2, -0.15) is 0 Å². The molecule has 0 aliphatic carbocycles. The molecule has 0 N–H and O–H groups in total. The highest BCUT2D eigenvalue weighted by molar-refractivity contribution is 7.91. The number of Topliss-reactive ketones (excluding diaryl/α,β-unsaturated/α-hetero) is 1. The van der Waals surface area contributed by atoms with Gasteiger partial charge < -0.3 is 0 Å². The molecule has 0 aromatic heterocycles. The summed E-state index contributed by atoms with van der Waals surface area (Å²) in [5.74, 6) is 0.807. The summed E-state index contributed by atoms with van der Waals surface area (Å²) >= 11 is 0. The molecule has 0 amide bonds. The van der Waals surface area contributed by atoms with Crippen molar-refractivity contribution >= 4 is 15.6 Å². The van der Waals surface area contributed by atoms with Crippen molar-refractivity contribution in [1.82, 2.24) is 0 Å². The van der Waals surface area contributed by atoms with Crippen molar-refractivity contribution in [2.75, 3.05) is 11.5 Å². The predicted molar refractivity (Wildman–Crippen MR) is 55.8 cm³/mol. The van der Waals surface area contributed by atoms with Crippen molar-refractivity contribution in [2.24, 2.45) is 17.8 Å². The molecule has 1 fully saturated rings. The van der Waals surface area contributed by atoms with E-state index in [0.29, 0.717) is 6.42 Å². The van der Waals surface area contributed by atoms with E-state index >= 15 is 0 Å². The average molecular weight is 218 g/mol. The molecule has 0 aromatic carbocycles. The van der Waals surface area contributed by atoms with E-state index in [0.717, 1.165) is 0 Å². The summed E-state index contributed by atoms with van der Waals surface area (Å²) < 4.78 is 22.6. The number of carbonyl (C=O) groups excluding carboxylic acids is 1. The Balaban J connectivity index is 2.78. The maximum absolute atomic E-state index is 11.4. The zero-order valence-corrected chi connectivity index (χ0v) is 9.80. The fraction of sp³-hybridized carbons (Fsp3) is 0.900. The van der Waals surface area contributed by atoms with Crippen LogP contribution in [0.4, 0.5) is 0 Å². The number of ketones is 1. The number of sulfone groups is 1. The lowest BCUT2D eigenvalue weighted by Crippen LogP contribution is -2.27. The average Bonchev–Trinajstić information content (AvgIpc) is 2.28. The Kier molecular flexibility index (Phi) is 3.35. The monoisotopic (exact) mass is 218 g/mol. The molecule has 2 atom stereocenters. The van der Waals surface area contributed by atoms with E-state index in [4.69, 9.17) is 0 Å². The molecule has 3 nitrogen and oxygen atoms in total. The van der Waals surface area contributed by atoms with E-state index in [1.165, 1.54) is 0 Å². The van der Waals surface area contributed by atoms with Gasteiger partial charge in [0.2, 0.25) is 0 Å². The SMILES string of the molecule is CC(=O)C(C(C)C)C1CCS(=O)(=O)C1. The molecule has 2 unspecified atom stereocenters. The Morgan fingerprint density at radius 2 is 1.93 bits per heavy atom. The summed E-state index contributed by atoms with van der Waals surface area (Å²) in [6.45, 7) is 5.53. The van der Waals surface area contributed by atoms with Gasteiger partial charge in [-0.05, 0) is 25.2 Å². The molecule has 1 saturated heterocycles. The minimum absolute atomic E-state index is 0.0532. The van der Waals surface area contributed by atoms with Crippen molar-refractivity contribution < 1.29 is 13.2 Å². The number of hydrogen-bond acceptors (Lipinski definition) is 3. The van der Waals surface area contributed by atoms with Crippen LogP contribution in [0.15, 0.2) is 0 Å². The summed E-state index contributed by atoms with van der Waals surface area (Å²) in [6, 6.07) is 0. The molecule has 1 heterocycles. The lowest BCUT2D eigenvalue weighted by Gasteiger charge is -2.23. The predicted octanol–water partition coefficient (Wildman–Crippen LogP) is 1.28. The number of carbonyl (C=O) groups is 1. The van der Waals surface area contributed by atoms with Crippen LogP contribution < -0.4 is 0 Å². The van der Waals surface area contributed by atoms with Gasteiger partial charge in [0.1, 0.15) is 5.78 Å². The fourth-order valence-corrected chi connectivity index (χ4v) is 4.31. The van der Waals surface area contributed by atoms with Crippen molar-refractivity contribution in [3.8, 4) is 0 Å². The first-order valence-corrected chi connectivity index (χ1v) is 6.86. The minimum atomic E-state index is -2.86. The van der Waals surface area contributed by atoms with Crippen molar-refractivity contribution in [3.63, 3.8) is 0 Å². The van der Waals surface area contributed by atoms with E-state index in [-0.39, 0.29) is 35.0 Å². The molecule has 0 aromatic rings. The molecular weight excluding hydrogens is 200 g/mol. The van der Waals surface area contributed by atoms with Crippen LogP contribution in [-0.4, -0.2) is 25.7 Å². The lowest BCUT2D eigenvalue weighted by molar-refractivity contribution is -0.123. The molecule has 1 rings (SSSR count). The van der Waals surface area contributed by atoms with Crippen molar-refractivity contribution in [1.29, 1.82) is 0 Å². The van der Waals surface area contributed by atoms with Gasteiger partial charge in [-0.15, -0.1) is 0 Å². The molecule has 14 heavy (non-hydrogen) atoms. The maximum atomic E-state index is 11.4. The van der Waals surface area contributed by atoms with E-state index in [2.05, 4.69) is 0 Å². The quantitative estimate of drug-likeness (QED) is 0.717. The highest BCUT2D eigenvalue weighted by Gasteiger charge is 2.37. The molecule has 4 heteroatoms. The van der Waals surface area contributed by atoms with Gasteiger partial charge in [0.05, 0.1) is 11.5 Å². The van der Waals surface area contributed by atoms with E-state index in [1.807, 2.05) is 13.8 Å². The van der Waals surface area contributed by atoms with Gasteiger partial charge in [0, 0.05) is 5.92 Å². The van der Waals surface area contributed by atoms with Crippen LogP contribution in [0.25, 0.3) is 0 Å². The Morgan fingerprint density at radius 1 is 1.36 bits per heavy atom. The van der Waals surface area contributed by atoms with E-state index in [9.17, 15) is 13.2 Å². The highest BCUT2D eigenvalue weighted by Crippen LogP contribution is 2.31. The van der Waals surface area contributed by atoms with Crippen LogP contribution in [-0.2, 0) is 14.6 Å². The van der Waals surface area contributed by atoms with Crippen LogP contribution in [0.2, 0.25) is 0 Å². The second kappa shape index (κ2) is 4.01. The Bertz CT molecular complexity index is 316. The van der Waals surface area contributed by atoms with Crippen LogP contribution in [0.1, 0.15) is 27.2 Å². The fourth-order valence-electron chi connectivity index (χ4n) is 2.45. The van der Waals surface area contributed by atoms with Crippen LogP contribution in [0.5, 0.6) is 0 Å². The smallest absolute Gasteiger partial charge is 0.150 e. The summed E-state index contributed by atoms with van der Waals surface area (Å²) in [6.07, 6.45) is 0.658. The summed E-state index contributed by atoms with van der Waals surface area (Å²) in [7, 11) is -2.86. The zero-order chi connectivity index (χ0) is 10.9. The molecule has 1 aliphatic heterocycles. The van der Waals surface area contributed by atoms with Gasteiger partial charge in [0.25, 0.3) is 0 Å². The summed E-state index contributed by atoms with van der Waals surface area (Å²) in [5.41, 5.74) is 0. The third-order valence-corrected chi connectivity index (χ3v) is 4.76. The van der Waals surface area contributed by atoms with Gasteiger partial charge in [-0.3, -0.25) is 4.79 Å². The Labute approximate surface area is 85.8 Å². The summed E-state index contributed by atoms with van der Waals surface area (Å²) in [4.78, 5) is 11.4. The van der Waals surface area contributed by atoms with Gasteiger partial charge in [-0.1, -0.05) is 13.8 Å². The van der Waals surface area contributed by atoms with Crippen molar-refractivity contribution in [3.05, 3.63) is 0 Å². The molecule has 82 valence electrons. The zero-order valence-electron chi connectivity index (χ0n) is 8.99. The molecule has 0 saturated carbocycles. The standard InChI is InChI=1S/C10H18O3S/c1-7(2)10(8(3)11)9-4-5-14(12,13)6-9/h7,9-10H,4-6H2,1-3H3. The largest absolute Gasteiger partial charge is 0.300 e.